The number of piperidine rings is 1. The summed E-state index contributed by atoms with van der Waals surface area (Å²) in [7, 11) is 0. The molecule has 1 fully saturated rings. The molecule has 0 atom stereocenters. The first-order valence-electron chi connectivity index (χ1n) is 9.00. The van der Waals surface area contributed by atoms with Crippen molar-refractivity contribution in [2.45, 2.75) is 57.7 Å². The molecule has 1 aromatic heterocycles. The van der Waals surface area contributed by atoms with Crippen molar-refractivity contribution in [3.63, 3.8) is 0 Å². The van der Waals surface area contributed by atoms with Gasteiger partial charge in [-0.1, -0.05) is 11.6 Å². The third-order valence-electron chi connectivity index (χ3n) is 4.69. The Labute approximate surface area is 163 Å². The second-order valence-corrected chi connectivity index (χ2v) is 8.89. The molecular formula is C20H25ClN4O2. The van der Waals surface area contributed by atoms with Crippen LogP contribution in [0, 0.1) is 0 Å². The monoisotopic (exact) mass is 388 g/mol. The Morgan fingerprint density at radius 2 is 1.74 bits per heavy atom. The van der Waals surface area contributed by atoms with Crippen LogP contribution >= 0.6 is 11.6 Å². The zero-order chi connectivity index (χ0) is 19.8. The Hall–Kier alpha value is -2.18. The molecule has 7 heteroatoms. The van der Waals surface area contributed by atoms with E-state index in [0.717, 1.165) is 18.4 Å². The van der Waals surface area contributed by atoms with E-state index < -0.39 is 11.5 Å². The van der Waals surface area contributed by atoms with Crippen LogP contribution in [0.1, 0.15) is 50.9 Å². The molecule has 2 aromatic rings. The first-order valence-corrected chi connectivity index (χ1v) is 9.38. The van der Waals surface area contributed by atoms with Gasteiger partial charge in [0, 0.05) is 33.9 Å². The van der Waals surface area contributed by atoms with E-state index in [4.69, 9.17) is 11.6 Å². The van der Waals surface area contributed by atoms with Crippen molar-refractivity contribution in [1.82, 2.24) is 20.6 Å². The van der Waals surface area contributed by atoms with Crippen molar-refractivity contribution in [2.24, 2.45) is 0 Å². The summed E-state index contributed by atoms with van der Waals surface area (Å²) in [5.41, 5.74) is 0.0955. The lowest BCUT2D eigenvalue weighted by atomic mass is 9.79. The van der Waals surface area contributed by atoms with Gasteiger partial charge >= 0.3 is 0 Å². The van der Waals surface area contributed by atoms with Gasteiger partial charge in [-0.25, -0.2) is 4.98 Å². The second-order valence-electron chi connectivity index (χ2n) is 8.45. The fourth-order valence-electron chi connectivity index (χ4n) is 4.00. The maximum Gasteiger partial charge on any atom is 0.264 e. The maximum atomic E-state index is 12.6. The van der Waals surface area contributed by atoms with Gasteiger partial charge in [-0.05, 0) is 64.8 Å². The number of hydrogen-bond acceptors (Lipinski definition) is 4. The molecule has 0 spiro atoms. The van der Waals surface area contributed by atoms with E-state index in [0.29, 0.717) is 10.8 Å². The van der Waals surface area contributed by atoms with Crippen LogP contribution in [0.5, 0.6) is 0 Å². The molecule has 27 heavy (non-hydrogen) atoms. The van der Waals surface area contributed by atoms with Gasteiger partial charge in [-0.3, -0.25) is 9.59 Å². The van der Waals surface area contributed by atoms with E-state index >= 15 is 0 Å². The molecule has 1 amide bonds. The van der Waals surface area contributed by atoms with Gasteiger partial charge < -0.3 is 15.6 Å². The molecule has 0 unspecified atom stereocenters. The zero-order valence-electron chi connectivity index (χ0n) is 16.0. The predicted octanol–water partition coefficient (Wildman–Crippen LogP) is 3.13. The topological polar surface area (TPSA) is 86.9 Å². The van der Waals surface area contributed by atoms with Gasteiger partial charge in [0.15, 0.2) is 0 Å². The summed E-state index contributed by atoms with van der Waals surface area (Å²) in [4.78, 5) is 32.0. The smallest absolute Gasteiger partial charge is 0.264 e. The molecule has 1 saturated heterocycles. The van der Waals surface area contributed by atoms with Crippen LogP contribution in [-0.4, -0.2) is 33.0 Å². The van der Waals surface area contributed by atoms with Crippen LogP contribution in [0.3, 0.4) is 0 Å². The normalized spacial score (nSPS) is 18.9. The molecule has 0 bridgehead atoms. The van der Waals surface area contributed by atoms with Crippen molar-refractivity contribution in [2.75, 3.05) is 0 Å². The quantitative estimate of drug-likeness (QED) is 0.753. The highest BCUT2D eigenvalue weighted by molar-refractivity contribution is 6.30. The third-order valence-corrected chi connectivity index (χ3v) is 4.94. The summed E-state index contributed by atoms with van der Waals surface area (Å²) in [6, 6.07) is 6.95. The number of carbonyl (C=O) groups excluding carboxylic acids is 1. The number of benzene rings is 1. The SMILES string of the molecule is CC1(C)CC(NC(=O)c2cnc(-c3ccc(Cl)cc3)[nH]c2=O)CC(C)(C)N1. The second kappa shape index (κ2) is 7.09. The minimum absolute atomic E-state index is 0.0147. The van der Waals surface area contributed by atoms with Gasteiger partial charge in [0.1, 0.15) is 11.4 Å². The van der Waals surface area contributed by atoms with Crippen molar-refractivity contribution >= 4 is 17.5 Å². The number of rotatable bonds is 3. The fourth-order valence-corrected chi connectivity index (χ4v) is 4.12. The Bertz CT molecular complexity index is 887. The van der Waals surface area contributed by atoms with Crippen molar-refractivity contribution in [3.8, 4) is 11.4 Å². The minimum atomic E-state index is -0.458. The van der Waals surface area contributed by atoms with Crippen molar-refractivity contribution in [1.29, 1.82) is 0 Å². The Kier molecular flexibility index (Phi) is 5.14. The minimum Gasteiger partial charge on any atom is -0.349 e. The molecule has 1 aliphatic heterocycles. The number of H-pyrrole nitrogens is 1. The first-order chi connectivity index (χ1) is 12.5. The zero-order valence-corrected chi connectivity index (χ0v) is 16.8. The van der Waals surface area contributed by atoms with E-state index in [1.54, 1.807) is 24.3 Å². The molecule has 0 radical (unpaired) electrons. The molecule has 1 aromatic carbocycles. The van der Waals surface area contributed by atoms with E-state index in [-0.39, 0.29) is 22.7 Å². The number of aromatic nitrogens is 2. The Morgan fingerprint density at radius 1 is 1.15 bits per heavy atom. The van der Waals surface area contributed by atoms with Gasteiger partial charge in [0.25, 0.3) is 11.5 Å². The van der Waals surface area contributed by atoms with E-state index in [2.05, 4.69) is 48.3 Å². The van der Waals surface area contributed by atoms with Gasteiger partial charge in [0.2, 0.25) is 0 Å². The molecule has 2 heterocycles. The maximum absolute atomic E-state index is 12.6. The van der Waals surface area contributed by atoms with Gasteiger partial charge in [0.05, 0.1) is 0 Å². The fraction of sp³-hybridized carbons (Fsp3) is 0.450. The highest BCUT2D eigenvalue weighted by Gasteiger charge is 2.38. The van der Waals surface area contributed by atoms with Crippen LogP contribution in [0.15, 0.2) is 35.3 Å². The molecule has 3 rings (SSSR count). The first kappa shape index (κ1) is 19.6. The summed E-state index contributed by atoms with van der Waals surface area (Å²) >= 11 is 5.88. The van der Waals surface area contributed by atoms with Crippen molar-refractivity contribution < 1.29 is 4.79 Å². The van der Waals surface area contributed by atoms with Crippen LogP contribution in [0.2, 0.25) is 5.02 Å². The van der Waals surface area contributed by atoms with Gasteiger partial charge in [-0.2, -0.15) is 0 Å². The number of carbonyl (C=O) groups is 1. The average molecular weight is 389 g/mol. The lowest BCUT2D eigenvalue weighted by Gasteiger charge is -2.46. The van der Waals surface area contributed by atoms with Crippen LogP contribution < -0.4 is 16.2 Å². The molecule has 1 aliphatic rings. The molecule has 0 aliphatic carbocycles. The summed E-state index contributed by atoms with van der Waals surface area (Å²) < 4.78 is 0. The number of hydrogen-bond donors (Lipinski definition) is 3. The van der Waals surface area contributed by atoms with E-state index in [1.165, 1.54) is 6.20 Å². The highest BCUT2D eigenvalue weighted by Crippen LogP contribution is 2.28. The number of nitrogens with zero attached hydrogens (tertiary/aromatic N) is 1. The van der Waals surface area contributed by atoms with Crippen molar-refractivity contribution in [3.05, 3.63) is 51.4 Å². The lowest BCUT2D eigenvalue weighted by molar-refractivity contribution is 0.0871. The Balaban J connectivity index is 1.77. The number of amides is 1. The Morgan fingerprint density at radius 3 is 2.30 bits per heavy atom. The number of aromatic amines is 1. The molecule has 144 valence electrons. The summed E-state index contributed by atoms with van der Waals surface area (Å²) in [6.45, 7) is 8.45. The third kappa shape index (κ3) is 4.76. The summed E-state index contributed by atoms with van der Waals surface area (Å²) in [6.07, 6.45) is 2.90. The average Bonchev–Trinajstić information content (AvgIpc) is 2.52. The summed E-state index contributed by atoms with van der Waals surface area (Å²) in [5.74, 6) is 0.00209. The van der Waals surface area contributed by atoms with Gasteiger partial charge in [-0.15, -0.1) is 0 Å². The lowest BCUT2D eigenvalue weighted by Crippen LogP contribution is -2.62. The standard InChI is InChI=1S/C20H25ClN4O2/c1-19(2)9-14(10-20(3,4)25-19)23-17(26)15-11-22-16(24-18(15)27)12-5-7-13(21)8-6-12/h5-8,11,14,25H,9-10H2,1-4H3,(H,23,26)(H,22,24,27). The highest BCUT2D eigenvalue weighted by atomic mass is 35.5. The van der Waals surface area contributed by atoms with Crippen LogP contribution in [-0.2, 0) is 0 Å². The largest absolute Gasteiger partial charge is 0.349 e. The number of nitrogens with one attached hydrogen (secondary N) is 3. The van der Waals surface area contributed by atoms with Crippen LogP contribution in [0.4, 0.5) is 0 Å². The van der Waals surface area contributed by atoms with E-state index in [1.807, 2.05) is 0 Å². The number of halogens is 1. The predicted molar refractivity (Wildman–Crippen MR) is 107 cm³/mol. The summed E-state index contributed by atoms with van der Waals surface area (Å²) in [5, 5.41) is 7.17. The van der Waals surface area contributed by atoms with Crippen LogP contribution in [0.25, 0.3) is 11.4 Å². The molecule has 6 nitrogen and oxygen atoms in total. The molecule has 0 saturated carbocycles. The molecular weight excluding hydrogens is 364 g/mol. The molecule has 3 N–H and O–H groups in total. The van der Waals surface area contributed by atoms with E-state index in [9.17, 15) is 9.59 Å².